The molecule has 2 aliphatic rings. The van der Waals surface area contributed by atoms with E-state index in [-0.39, 0.29) is 17.9 Å². The van der Waals surface area contributed by atoms with E-state index in [2.05, 4.69) is 5.32 Å². The predicted molar refractivity (Wildman–Crippen MR) is 124 cm³/mol. The molecule has 31 heavy (non-hydrogen) atoms. The summed E-state index contributed by atoms with van der Waals surface area (Å²) in [6, 6.07) is 15.5. The summed E-state index contributed by atoms with van der Waals surface area (Å²) < 4.78 is 1.99. The molecule has 1 atom stereocenters. The monoisotopic (exact) mass is 435 g/mol. The fraction of sp³-hybridized carbons (Fsp3) is 0.360. The molecular weight excluding hydrogens is 410 g/mol. The van der Waals surface area contributed by atoms with E-state index in [0.29, 0.717) is 22.9 Å². The van der Waals surface area contributed by atoms with Gasteiger partial charge in [0.15, 0.2) is 0 Å². The average Bonchev–Trinajstić information content (AvgIpc) is 3.39. The number of hydrogen-bond acceptors (Lipinski definition) is 2. The van der Waals surface area contributed by atoms with Gasteiger partial charge in [0, 0.05) is 27.7 Å². The van der Waals surface area contributed by atoms with E-state index >= 15 is 0 Å². The molecule has 0 spiro atoms. The van der Waals surface area contributed by atoms with E-state index in [1.807, 2.05) is 66.9 Å². The van der Waals surface area contributed by atoms with E-state index in [1.165, 1.54) is 0 Å². The van der Waals surface area contributed by atoms with Gasteiger partial charge < -0.3 is 9.88 Å². The highest BCUT2D eigenvalue weighted by Gasteiger charge is 2.49. The minimum atomic E-state index is -1.08. The van der Waals surface area contributed by atoms with Crippen LogP contribution < -0.4 is 10.2 Å². The van der Waals surface area contributed by atoms with Gasteiger partial charge in [-0.1, -0.05) is 48.7 Å². The van der Waals surface area contributed by atoms with Gasteiger partial charge in [-0.2, -0.15) is 0 Å². The molecule has 0 bridgehead atoms. The molecule has 1 aromatic heterocycles. The van der Waals surface area contributed by atoms with E-state index in [9.17, 15) is 9.59 Å². The van der Waals surface area contributed by atoms with Crippen LogP contribution in [0.25, 0.3) is 10.9 Å². The molecule has 0 saturated heterocycles. The molecule has 160 valence electrons. The standard InChI is InChI=1S/C25H26ClN3O2/c1-16-19(26)11-7-13-20(16)29-23(30)22-14-17-8-3-6-12-21(17)28(22)15-25(29,2)24(31)27-18-9-4-5-10-18/h3,6-8,11-14,18H,4-5,9-10,15H2,1-2H3,(H,27,31). The van der Waals surface area contributed by atoms with E-state index < -0.39 is 5.54 Å². The number of halogens is 1. The van der Waals surface area contributed by atoms with Gasteiger partial charge in [-0.05, 0) is 56.5 Å². The van der Waals surface area contributed by atoms with Gasteiger partial charge in [-0.3, -0.25) is 14.5 Å². The number of nitrogens with one attached hydrogen (secondary N) is 1. The fourth-order valence-electron chi connectivity index (χ4n) is 5.07. The molecule has 2 aromatic carbocycles. The molecular formula is C25H26ClN3O2. The highest BCUT2D eigenvalue weighted by molar-refractivity contribution is 6.32. The van der Waals surface area contributed by atoms with Gasteiger partial charge in [0.05, 0.1) is 6.54 Å². The summed E-state index contributed by atoms with van der Waals surface area (Å²) in [5.41, 5.74) is 1.95. The number of carbonyl (C=O) groups is 2. The van der Waals surface area contributed by atoms with E-state index in [1.54, 1.807) is 4.90 Å². The maximum Gasteiger partial charge on any atom is 0.275 e. The average molecular weight is 436 g/mol. The number of benzene rings is 2. The lowest BCUT2D eigenvalue weighted by Gasteiger charge is -2.45. The number of anilines is 1. The van der Waals surface area contributed by atoms with Crippen LogP contribution in [0, 0.1) is 6.92 Å². The Morgan fingerprint density at radius 3 is 2.65 bits per heavy atom. The van der Waals surface area contributed by atoms with Gasteiger partial charge in [0.25, 0.3) is 5.91 Å². The van der Waals surface area contributed by atoms with Gasteiger partial charge in [-0.15, -0.1) is 0 Å². The normalized spacial score (nSPS) is 21.5. The highest BCUT2D eigenvalue weighted by Crippen LogP contribution is 2.39. The lowest BCUT2D eigenvalue weighted by molar-refractivity contribution is -0.127. The Labute approximate surface area is 187 Å². The van der Waals surface area contributed by atoms with Crippen LogP contribution in [0.4, 0.5) is 5.69 Å². The van der Waals surface area contributed by atoms with Gasteiger partial charge in [0.2, 0.25) is 5.91 Å². The molecule has 1 fully saturated rings. The number of aromatic nitrogens is 1. The Hall–Kier alpha value is -2.79. The third-order valence-electron chi connectivity index (χ3n) is 6.85. The van der Waals surface area contributed by atoms with Crippen molar-refractivity contribution in [3.8, 4) is 0 Å². The lowest BCUT2D eigenvalue weighted by atomic mass is 9.92. The summed E-state index contributed by atoms with van der Waals surface area (Å²) in [6.45, 7) is 4.14. The van der Waals surface area contributed by atoms with Crippen LogP contribution in [0.3, 0.4) is 0 Å². The first-order valence-electron chi connectivity index (χ1n) is 10.9. The number of nitrogens with zero attached hydrogens (tertiary/aromatic N) is 2. The Kier molecular flexibility index (Phi) is 4.82. The first-order valence-corrected chi connectivity index (χ1v) is 11.3. The topological polar surface area (TPSA) is 54.3 Å². The van der Waals surface area contributed by atoms with Gasteiger partial charge >= 0.3 is 0 Å². The third-order valence-corrected chi connectivity index (χ3v) is 7.26. The van der Waals surface area contributed by atoms with Crippen LogP contribution in [0.5, 0.6) is 0 Å². The number of rotatable bonds is 3. The zero-order chi connectivity index (χ0) is 21.8. The van der Waals surface area contributed by atoms with Crippen LogP contribution >= 0.6 is 11.6 Å². The number of hydrogen-bond donors (Lipinski definition) is 1. The van der Waals surface area contributed by atoms with Crippen molar-refractivity contribution in [1.82, 2.24) is 9.88 Å². The van der Waals surface area contributed by atoms with Crippen molar-refractivity contribution < 1.29 is 9.59 Å². The molecule has 0 radical (unpaired) electrons. The number of amides is 2. The van der Waals surface area contributed by atoms with E-state index in [4.69, 9.17) is 11.6 Å². The zero-order valence-corrected chi connectivity index (χ0v) is 18.6. The number of carbonyl (C=O) groups excluding carboxylic acids is 2. The minimum Gasteiger partial charge on any atom is -0.351 e. The summed E-state index contributed by atoms with van der Waals surface area (Å²) in [5, 5.41) is 4.81. The lowest BCUT2D eigenvalue weighted by Crippen LogP contribution is -2.65. The second-order valence-electron chi connectivity index (χ2n) is 8.93. The highest BCUT2D eigenvalue weighted by atomic mass is 35.5. The molecule has 2 amide bonds. The molecule has 1 aliphatic carbocycles. The van der Waals surface area contributed by atoms with Crippen LogP contribution in [0.15, 0.2) is 48.5 Å². The maximum atomic E-state index is 13.9. The molecule has 5 nitrogen and oxygen atoms in total. The summed E-state index contributed by atoms with van der Waals surface area (Å²) in [5.74, 6) is -0.299. The van der Waals surface area contributed by atoms with Crippen LogP contribution in [0.2, 0.25) is 5.02 Å². The summed E-state index contributed by atoms with van der Waals surface area (Å²) in [7, 11) is 0. The summed E-state index contributed by atoms with van der Waals surface area (Å²) in [4.78, 5) is 29.3. The maximum absolute atomic E-state index is 13.9. The first kappa shape index (κ1) is 20.1. The Morgan fingerprint density at radius 2 is 1.87 bits per heavy atom. The van der Waals surface area contributed by atoms with Gasteiger partial charge in [0.1, 0.15) is 11.2 Å². The van der Waals surface area contributed by atoms with Crippen LogP contribution in [-0.4, -0.2) is 28.0 Å². The molecule has 1 N–H and O–H groups in total. The smallest absolute Gasteiger partial charge is 0.275 e. The molecule has 2 heterocycles. The quantitative estimate of drug-likeness (QED) is 0.623. The summed E-state index contributed by atoms with van der Waals surface area (Å²) in [6.07, 6.45) is 4.24. The van der Waals surface area contributed by atoms with Crippen molar-refractivity contribution in [2.45, 2.75) is 57.7 Å². The first-order chi connectivity index (χ1) is 14.9. The fourth-order valence-corrected chi connectivity index (χ4v) is 5.24. The molecule has 1 saturated carbocycles. The van der Waals surface area contributed by atoms with Crippen LogP contribution in [0.1, 0.15) is 48.7 Å². The molecule has 5 rings (SSSR count). The largest absolute Gasteiger partial charge is 0.351 e. The van der Waals surface area contributed by atoms with Crippen molar-refractivity contribution in [3.63, 3.8) is 0 Å². The second kappa shape index (κ2) is 7.41. The zero-order valence-electron chi connectivity index (χ0n) is 17.8. The number of para-hydroxylation sites is 1. The molecule has 1 aliphatic heterocycles. The Bertz CT molecular complexity index is 1190. The SMILES string of the molecule is Cc1c(Cl)cccc1N1C(=O)c2cc3ccccc3n2CC1(C)C(=O)NC1CCCC1. The van der Waals surface area contributed by atoms with Crippen molar-refractivity contribution in [3.05, 3.63) is 64.8 Å². The second-order valence-corrected chi connectivity index (χ2v) is 9.33. The van der Waals surface area contributed by atoms with Crippen molar-refractivity contribution in [1.29, 1.82) is 0 Å². The number of fused-ring (bicyclic) bond motifs is 3. The van der Waals surface area contributed by atoms with Gasteiger partial charge in [-0.25, -0.2) is 0 Å². The van der Waals surface area contributed by atoms with Crippen molar-refractivity contribution in [2.75, 3.05) is 4.90 Å². The minimum absolute atomic E-state index is 0.115. The van der Waals surface area contributed by atoms with Crippen molar-refractivity contribution >= 4 is 40.0 Å². The molecule has 6 heteroatoms. The third kappa shape index (κ3) is 3.14. The molecule has 1 unspecified atom stereocenters. The Balaban J connectivity index is 1.67. The predicted octanol–water partition coefficient (Wildman–Crippen LogP) is 5.08. The van der Waals surface area contributed by atoms with Crippen molar-refractivity contribution in [2.24, 2.45) is 0 Å². The Morgan fingerprint density at radius 1 is 1.13 bits per heavy atom. The summed E-state index contributed by atoms with van der Waals surface area (Å²) >= 11 is 6.41. The van der Waals surface area contributed by atoms with E-state index in [0.717, 1.165) is 42.1 Å². The van der Waals surface area contributed by atoms with Crippen LogP contribution in [-0.2, 0) is 11.3 Å². The molecule has 3 aromatic rings.